The topological polar surface area (TPSA) is 86.9 Å². The molecule has 0 fully saturated rings. The third-order valence-corrected chi connectivity index (χ3v) is 3.66. The smallest absolute Gasteiger partial charge is 0.251 e. The van der Waals surface area contributed by atoms with Crippen LogP contribution in [-0.2, 0) is 4.79 Å². The van der Waals surface area contributed by atoms with Gasteiger partial charge in [-0.2, -0.15) is 0 Å². The summed E-state index contributed by atoms with van der Waals surface area (Å²) in [5.41, 5.74) is 2.26. The Morgan fingerprint density at radius 1 is 1.16 bits per heavy atom. The SMILES string of the molecule is O=C(CCNC(=O)c1ccc2nc(Cl)[nH]c2c1)Nc1ccc(F)cc1. The lowest BCUT2D eigenvalue weighted by atomic mass is 10.2. The first-order chi connectivity index (χ1) is 12.0. The Balaban J connectivity index is 1.51. The average Bonchev–Trinajstić information content (AvgIpc) is 2.96. The predicted molar refractivity (Wildman–Crippen MR) is 93.1 cm³/mol. The van der Waals surface area contributed by atoms with Crippen molar-refractivity contribution in [2.24, 2.45) is 0 Å². The standard InChI is InChI=1S/C17H14ClFN4O2/c18-17-22-13-6-1-10(9-14(13)23-17)16(25)20-8-7-15(24)21-12-4-2-11(19)3-5-12/h1-6,9H,7-8H2,(H,20,25)(H,21,24)(H,22,23). The van der Waals surface area contributed by atoms with Crippen molar-refractivity contribution >= 4 is 40.1 Å². The monoisotopic (exact) mass is 360 g/mol. The van der Waals surface area contributed by atoms with Crippen LogP contribution in [0.5, 0.6) is 0 Å². The van der Waals surface area contributed by atoms with Crippen molar-refractivity contribution in [2.75, 3.05) is 11.9 Å². The normalized spacial score (nSPS) is 10.6. The third kappa shape index (κ3) is 4.33. The molecule has 0 aliphatic carbocycles. The van der Waals surface area contributed by atoms with Crippen LogP contribution < -0.4 is 10.6 Å². The lowest BCUT2D eigenvalue weighted by Gasteiger charge is -2.07. The number of carbonyl (C=O) groups excluding carboxylic acids is 2. The molecule has 25 heavy (non-hydrogen) atoms. The predicted octanol–water partition coefficient (Wildman–Crippen LogP) is 3.11. The Bertz CT molecular complexity index is 924. The van der Waals surface area contributed by atoms with Crippen molar-refractivity contribution in [1.29, 1.82) is 0 Å². The second kappa shape index (κ2) is 7.31. The van der Waals surface area contributed by atoms with E-state index in [-0.39, 0.29) is 35.9 Å². The van der Waals surface area contributed by atoms with Gasteiger partial charge in [0.05, 0.1) is 11.0 Å². The lowest BCUT2D eigenvalue weighted by molar-refractivity contribution is -0.116. The van der Waals surface area contributed by atoms with Gasteiger partial charge in [0.2, 0.25) is 11.2 Å². The number of aromatic nitrogens is 2. The number of carbonyl (C=O) groups is 2. The Morgan fingerprint density at radius 3 is 2.68 bits per heavy atom. The van der Waals surface area contributed by atoms with E-state index >= 15 is 0 Å². The van der Waals surface area contributed by atoms with Gasteiger partial charge in [0.1, 0.15) is 5.82 Å². The number of aromatic amines is 1. The maximum Gasteiger partial charge on any atom is 0.251 e. The fourth-order valence-corrected chi connectivity index (χ4v) is 2.46. The van der Waals surface area contributed by atoms with E-state index in [2.05, 4.69) is 20.6 Å². The number of imidazole rings is 1. The number of nitrogens with one attached hydrogen (secondary N) is 3. The molecule has 0 spiro atoms. The molecule has 8 heteroatoms. The summed E-state index contributed by atoms with van der Waals surface area (Å²) in [7, 11) is 0. The second-order valence-corrected chi connectivity index (χ2v) is 5.68. The molecule has 3 N–H and O–H groups in total. The molecule has 0 radical (unpaired) electrons. The zero-order valence-electron chi connectivity index (χ0n) is 13.0. The van der Waals surface area contributed by atoms with E-state index in [1.54, 1.807) is 18.2 Å². The highest BCUT2D eigenvalue weighted by molar-refractivity contribution is 6.29. The Hall–Kier alpha value is -2.93. The number of fused-ring (bicyclic) bond motifs is 1. The minimum atomic E-state index is -0.374. The van der Waals surface area contributed by atoms with Crippen molar-refractivity contribution in [3.63, 3.8) is 0 Å². The zero-order valence-corrected chi connectivity index (χ0v) is 13.7. The number of anilines is 1. The number of hydrogen-bond donors (Lipinski definition) is 3. The van der Waals surface area contributed by atoms with Crippen LogP contribution in [0.25, 0.3) is 11.0 Å². The summed E-state index contributed by atoms with van der Waals surface area (Å²) in [6.45, 7) is 0.174. The maximum absolute atomic E-state index is 12.8. The average molecular weight is 361 g/mol. The molecule has 0 unspecified atom stereocenters. The van der Waals surface area contributed by atoms with Crippen molar-refractivity contribution in [3.05, 3.63) is 59.1 Å². The molecule has 0 aliphatic rings. The summed E-state index contributed by atoms with van der Waals surface area (Å²) in [5.74, 6) is -0.953. The zero-order chi connectivity index (χ0) is 17.8. The number of halogens is 2. The minimum Gasteiger partial charge on any atom is -0.352 e. The second-order valence-electron chi connectivity index (χ2n) is 5.32. The van der Waals surface area contributed by atoms with Gasteiger partial charge in [-0.25, -0.2) is 9.37 Å². The molecule has 2 amide bonds. The third-order valence-electron chi connectivity index (χ3n) is 3.48. The summed E-state index contributed by atoms with van der Waals surface area (Å²) >= 11 is 5.78. The summed E-state index contributed by atoms with van der Waals surface area (Å²) in [5, 5.41) is 5.55. The number of rotatable bonds is 5. The van der Waals surface area contributed by atoms with Gasteiger partial charge in [-0.1, -0.05) is 0 Å². The van der Waals surface area contributed by atoms with E-state index in [4.69, 9.17) is 11.6 Å². The van der Waals surface area contributed by atoms with E-state index in [1.807, 2.05) is 0 Å². The van der Waals surface area contributed by atoms with Crippen LogP contribution in [0.15, 0.2) is 42.5 Å². The van der Waals surface area contributed by atoms with E-state index in [0.717, 1.165) is 0 Å². The fourth-order valence-electron chi connectivity index (χ4n) is 2.27. The highest BCUT2D eigenvalue weighted by Gasteiger charge is 2.09. The van der Waals surface area contributed by atoms with E-state index in [0.29, 0.717) is 22.3 Å². The molecular weight excluding hydrogens is 347 g/mol. The molecule has 0 bridgehead atoms. The van der Waals surface area contributed by atoms with Gasteiger partial charge in [-0.05, 0) is 54.1 Å². The quantitative estimate of drug-likeness (QED) is 0.653. The van der Waals surface area contributed by atoms with Gasteiger partial charge in [-0.15, -0.1) is 0 Å². The minimum absolute atomic E-state index is 0.0985. The molecule has 0 saturated carbocycles. The Morgan fingerprint density at radius 2 is 1.92 bits per heavy atom. The highest BCUT2D eigenvalue weighted by atomic mass is 35.5. The molecule has 128 valence electrons. The van der Waals surface area contributed by atoms with Crippen LogP contribution in [0.1, 0.15) is 16.8 Å². The molecule has 2 aromatic carbocycles. The molecule has 1 aromatic heterocycles. The summed E-state index contributed by atoms with van der Waals surface area (Å²) < 4.78 is 12.8. The van der Waals surface area contributed by atoms with Crippen molar-refractivity contribution < 1.29 is 14.0 Å². The van der Waals surface area contributed by atoms with Gasteiger partial charge in [-0.3, -0.25) is 9.59 Å². The molecule has 3 aromatic rings. The Kier molecular flexibility index (Phi) is 4.95. The van der Waals surface area contributed by atoms with Crippen LogP contribution in [0, 0.1) is 5.82 Å². The first kappa shape index (κ1) is 16.9. The number of nitrogens with zero attached hydrogens (tertiary/aromatic N) is 1. The van der Waals surface area contributed by atoms with Gasteiger partial charge in [0.15, 0.2) is 0 Å². The highest BCUT2D eigenvalue weighted by Crippen LogP contribution is 2.16. The summed E-state index contributed by atoms with van der Waals surface area (Å²) in [6, 6.07) is 10.4. The van der Waals surface area contributed by atoms with Crippen molar-refractivity contribution in [1.82, 2.24) is 15.3 Å². The molecule has 1 heterocycles. The number of benzene rings is 2. The van der Waals surface area contributed by atoms with Gasteiger partial charge in [0, 0.05) is 24.2 Å². The summed E-state index contributed by atoms with van der Waals surface area (Å²) in [6.07, 6.45) is 0.0985. The van der Waals surface area contributed by atoms with Gasteiger partial charge < -0.3 is 15.6 Å². The van der Waals surface area contributed by atoms with Crippen LogP contribution in [0.4, 0.5) is 10.1 Å². The molecule has 0 atom stereocenters. The van der Waals surface area contributed by atoms with Crippen LogP contribution in [-0.4, -0.2) is 28.3 Å². The molecular formula is C17H14ClFN4O2. The largest absolute Gasteiger partial charge is 0.352 e. The Labute approximate surface area is 147 Å². The van der Waals surface area contributed by atoms with Crippen LogP contribution in [0.3, 0.4) is 0 Å². The molecule has 6 nitrogen and oxygen atoms in total. The first-order valence-corrected chi connectivity index (χ1v) is 7.88. The van der Waals surface area contributed by atoms with Gasteiger partial charge in [0.25, 0.3) is 5.91 Å². The molecule has 0 saturated heterocycles. The molecule has 0 aliphatic heterocycles. The lowest BCUT2D eigenvalue weighted by Crippen LogP contribution is -2.27. The van der Waals surface area contributed by atoms with Crippen LogP contribution in [0.2, 0.25) is 5.28 Å². The fraction of sp³-hybridized carbons (Fsp3) is 0.118. The van der Waals surface area contributed by atoms with Crippen LogP contribution >= 0.6 is 11.6 Å². The van der Waals surface area contributed by atoms with Crippen molar-refractivity contribution in [2.45, 2.75) is 6.42 Å². The van der Waals surface area contributed by atoms with E-state index in [9.17, 15) is 14.0 Å². The first-order valence-electron chi connectivity index (χ1n) is 7.50. The molecule has 3 rings (SSSR count). The number of hydrogen-bond acceptors (Lipinski definition) is 3. The van der Waals surface area contributed by atoms with E-state index in [1.165, 1.54) is 24.3 Å². The number of amides is 2. The summed E-state index contributed by atoms with van der Waals surface area (Å²) in [4.78, 5) is 30.8. The van der Waals surface area contributed by atoms with Gasteiger partial charge >= 0.3 is 0 Å². The number of H-pyrrole nitrogens is 1. The maximum atomic E-state index is 12.8. The van der Waals surface area contributed by atoms with E-state index < -0.39 is 0 Å². The van der Waals surface area contributed by atoms with Crippen molar-refractivity contribution in [3.8, 4) is 0 Å².